The fourth-order valence-corrected chi connectivity index (χ4v) is 3.68. The zero-order chi connectivity index (χ0) is 18.8. The second-order valence-electron chi connectivity index (χ2n) is 5.19. The zero-order valence-electron chi connectivity index (χ0n) is 13.0. The standard InChI is InChI=1S/C17H10N2O5S2/c20-15-14(9-10-4-1-2-7-13(10)19(23)24)26-17(25)18(15)12-6-3-5-11(8-12)16(21)22/h1-9H,(H,21,22)/b14-9-. The molecule has 130 valence electrons. The molecule has 2 aromatic rings. The van der Waals surface area contributed by atoms with E-state index in [0.717, 1.165) is 11.8 Å². The van der Waals surface area contributed by atoms with Gasteiger partial charge in [-0.3, -0.25) is 19.8 Å². The second-order valence-corrected chi connectivity index (χ2v) is 6.86. The number of benzene rings is 2. The maximum atomic E-state index is 12.7. The van der Waals surface area contributed by atoms with Gasteiger partial charge < -0.3 is 5.11 Å². The van der Waals surface area contributed by atoms with E-state index < -0.39 is 16.8 Å². The van der Waals surface area contributed by atoms with Crippen LogP contribution in [0, 0.1) is 10.1 Å². The molecule has 0 atom stereocenters. The van der Waals surface area contributed by atoms with Crippen molar-refractivity contribution in [1.29, 1.82) is 0 Å². The molecule has 0 unspecified atom stereocenters. The van der Waals surface area contributed by atoms with Gasteiger partial charge in [0.1, 0.15) is 0 Å². The largest absolute Gasteiger partial charge is 0.478 e. The summed E-state index contributed by atoms with van der Waals surface area (Å²) in [4.78, 5) is 35.9. The summed E-state index contributed by atoms with van der Waals surface area (Å²) in [5.41, 5.74) is 0.528. The summed E-state index contributed by atoms with van der Waals surface area (Å²) in [5, 5.41) is 20.2. The van der Waals surface area contributed by atoms with Crippen LogP contribution in [-0.4, -0.2) is 26.2 Å². The van der Waals surface area contributed by atoms with Crippen LogP contribution in [0.1, 0.15) is 15.9 Å². The minimum Gasteiger partial charge on any atom is -0.478 e. The maximum absolute atomic E-state index is 12.7. The van der Waals surface area contributed by atoms with Crippen LogP contribution in [-0.2, 0) is 4.79 Å². The zero-order valence-corrected chi connectivity index (χ0v) is 14.6. The van der Waals surface area contributed by atoms with E-state index in [1.165, 1.54) is 47.4 Å². The molecule has 0 saturated carbocycles. The number of nitro groups is 1. The number of nitro benzene ring substituents is 1. The minimum atomic E-state index is -1.12. The summed E-state index contributed by atoms with van der Waals surface area (Å²) in [7, 11) is 0. The third kappa shape index (κ3) is 3.35. The molecule has 1 fully saturated rings. The number of thioether (sulfide) groups is 1. The summed E-state index contributed by atoms with van der Waals surface area (Å²) in [5.74, 6) is -1.58. The lowest BCUT2D eigenvalue weighted by Gasteiger charge is -2.14. The predicted octanol–water partition coefficient (Wildman–Crippen LogP) is 3.70. The van der Waals surface area contributed by atoms with Crippen LogP contribution < -0.4 is 4.90 Å². The van der Waals surface area contributed by atoms with Gasteiger partial charge in [-0.15, -0.1) is 0 Å². The van der Waals surface area contributed by atoms with Gasteiger partial charge in [0, 0.05) is 6.07 Å². The number of aromatic carboxylic acids is 1. The Labute approximate surface area is 157 Å². The van der Waals surface area contributed by atoms with Gasteiger partial charge in [-0.25, -0.2) is 4.79 Å². The highest BCUT2D eigenvalue weighted by molar-refractivity contribution is 8.27. The van der Waals surface area contributed by atoms with E-state index in [9.17, 15) is 19.7 Å². The lowest BCUT2D eigenvalue weighted by atomic mass is 10.1. The van der Waals surface area contributed by atoms with Gasteiger partial charge in [-0.1, -0.05) is 42.2 Å². The fourth-order valence-electron chi connectivity index (χ4n) is 2.39. The third-order valence-corrected chi connectivity index (χ3v) is 4.87. The summed E-state index contributed by atoms with van der Waals surface area (Å²) >= 11 is 6.24. The molecule has 26 heavy (non-hydrogen) atoms. The summed E-state index contributed by atoms with van der Waals surface area (Å²) in [6.45, 7) is 0. The summed E-state index contributed by atoms with van der Waals surface area (Å²) in [6.07, 6.45) is 1.42. The van der Waals surface area contributed by atoms with Crippen LogP contribution >= 0.6 is 24.0 Å². The molecule has 0 radical (unpaired) electrons. The number of nitrogens with zero attached hydrogens (tertiary/aromatic N) is 2. The molecule has 1 amide bonds. The van der Waals surface area contributed by atoms with Crippen molar-refractivity contribution in [3.05, 3.63) is 74.7 Å². The number of thiocarbonyl (C=S) groups is 1. The Morgan fingerprint density at radius 3 is 2.65 bits per heavy atom. The van der Waals surface area contributed by atoms with Crippen molar-refractivity contribution >= 4 is 57.6 Å². The summed E-state index contributed by atoms with van der Waals surface area (Å²) < 4.78 is 0.224. The highest BCUT2D eigenvalue weighted by Gasteiger charge is 2.34. The third-order valence-electron chi connectivity index (χ3n) is 3.57. The molecule has 1 heterocycles. The Bertz CT molecular complexity index is 987. The van der Waals surface area contributed by atoms with Crippen LogP contribution in [0.4, 0.5) is 11.4 Å². The normalized spacial score (nSPS) is 15.5. The van der Waals surface area contributed by atoms with E-state index in [1.807, 2.05) is 0 Å². The Morgan fingerprint density at radius 1 is 1.23 bits per heavy atom. The Hall–Kier alpha value is -3.04. The van der Waals surface area contributed by atoms with E-state index >= 15 is 0 Å². The fraction of sp³-hybridized carbons (Fsp3) is 0. The van der Waals surface area contributed by atoms with Crippen molar-refractivity contribution in [3.8, 4) is 0 Å². The number of carboxylic acid groups (broad SMARTS) is 1. The lowest BCUT2D eigenvalue weighted by molar-refractivity contribution is -0.385. The average Bonchev–Trinajstić information content (AvgIpc) is 2.89. The Balaban J connectivity index is 1.99. The van der Waals surface area contributed by atoms with E-state index in [-0.39, 0.29) is 26.0 Å². The number of carboxylic acids is 1. The van der Waals surface area contributed by atoms with Crippen molar-refractivity contribution in [1.82, 2.24) is 0 Å². The van der Waals surface area contributed by atoms with Crippen LogP contribution in [0.2, 0.25) is 0 Å². The molecule has 3 rings (SSSR count). The molecule has 9 heteroatoms. The first-order valence-corrected chi connectivity index (χ1v) is 8.45. The van der Waals surface area contributed by atoms with Crippen LogP contribution in [0.15, 0.2) is 53.4 Å². The van der Waals surface area contributed by atoms with E-state index in [4.69, 9.17) is 17.3 Å². The molecular formula is C17H10N2O5S2. The smallest absolute Gasteiger partial charge is 0.335 e. The number of carbonyl (C=O) groups is 2. The molecule has 1 saturated heterocycles. The topological polar surface area (TPSA) is 101 Å². The van der Waals surface area contributed by atoms with Gasteiger partial charge in [0.05, 0.1) is 26.6 Å². The molecule has 0 aliphatic carbocycles. The molecular weight excluding hydrogens is 376 g/mol. The Kier molecular flexibility index (Phi) is 4.83. The Morgan fingerprint density at radius 2 is 1.96 bits per heavy atom. The number of amides is 1. The molecule has 2 aromatic carbocycles. The molecule has 0 bridgehead atoms. The number of hydrogen-bond donors (Lipinski definition) is 1. The van der Waals surface area contributed by atoms with E-state index in [1.54, 1.807) is 12.1 Å². The highest BCUT2D eigenvalue weighted by atomic mass is 32.2. The monoisotopic (exact) mass is 386 g/mol. The number of hydrogen-bond acceptors (Lipinski definition) is 6. The van der Waals surface area contributed by atoms with E-state index in [2.05, 4.69) is 0 Å². The molecule has 1 aliphatic heterocycles. The molecule has 0 aromatic heterocycles. The quantitative estimate of drug-likeness (QED) is 0.370. The van der Waals surface area contributed by atoms with Crippen molar-refractivity contribution in [2.24, 2.45) is 0 Å². The number of rotatable bonds is 4. The minimum absolute atomic E-state index is 0.0271. The van der Waals surface area contributed by atoms with Crippen molar-refractivity contribution in [2.45, 2.75) is 0 Å². The van der Waals surface area contributed by atoms with Gasteiger partial charge in [0.15, 0.2) is 4.32 Å². The van der Waals surface area contributed by atoms with E-state index in [0.29, 0.717) is 5.69 Å². The molecule has 1 N–H and O–H groups in total. The van der Waals surface area contributed by atoms with Gasteiger partial charge in [0.2, 0.25) is 0 Å². The van der Waals surface area contributed by atoms with Gasteiger partial charge in [0.25, 0.3) is 11.6 Å². The van der Waals surface area contributed by atoms with Gasteiger partial charge >= 0.3 is 5.97 Å². The van der Waals surface area contributed by atoms with Crippen LogP contribution in [0.5, 0.6) is 0 Å². The first-order chi connectivity index (χ1) is 12.4. The number of anilines is 1. The number of para-hydroxylation sites is 1. The average molecular weight is 386 g/mol. The summed E-state index contributed by atoms with van der Waals surface area (Å²) in [6, 6.07) is 11.9. The molecule has 0 spiro atoms. The number of carbonyl (C=O) groups excluding carboxylic acids is 1. The van der Waals surface area contributed by atoms with Crippen LogP contribution in [0.25, 0.3) is 6.08 Å². The first kappa shape index (κ1) is 17.8. The second kappa shape index (κ2) is 7.06. The molecule has 1 aliphatic rings. The lowest BCUT2D eigenvalue weighted by Crippen LogP contribution is -2.27. The SMILES string of the molecule is O=C(O)c1cccc(N2C(=O)/C(=C/c3ccccc3[N+](=O)[O-])SC2=S)c1. The van der Waals surface area contributed by atoms with Crippen molar-refractivity contribution < 1.29 is 19.6 Å². The maximum Gasteiger partial charge on any atom is 0.335 e. The van der Waals surface area contributed by atoms with Crippen molar-refractivity contribution in [3.63, 3.8) is 0 Å². The van der Waals surface area contributed by atoms with Crippen LogP contribution in [0.3, 0.4) is 0 Å². The van der Waals surface area contributed by atoms with Gasteiger partial charge in [-0.2, -0.15) is 0 Å². The molecule has 7 nitrogen and oxygen atoms in total. The van der Waals surface area contributed by atoms with Crippen molar-refractivity contribution in [2.75, 3.05) is 4.90 Å². The predicted molar refractivity (Wildman–Crippen MR) is 102 cm³/mol. The highest BCUT2D eigenvalue weighted by Crippen LogP contribution is 2.37. The van der Waals surface area contributed by atoms with Gasteiger partial charge in [-0.05, 0) is 30.3 Å². The first-order valence-electron chi connectivity index (χ1n) is 7.23.